The third kappa shape index (κ3) is 10.5. The summed E-state index contributed by atoms with van der Waals surface area (Å²) in [4.78, 5) is 68.3. The van der Waals surface area contributed by atoms with E-state index >= 15 is 0 Å². The van der Waals surface area contributed by atoms with Gasteiger partial charge in [-0.1, -0.05) is 69.5 Å². The number of ether oxygens (including phenoxy) is 2. The molecular weight excluding hydrogens is 606 g/mol. The van der Waals surface area contributed by atoms with E-state index in [1.165, 1.54) is 31.4 Å². The van der Waals surface area contributed by atoms with Crippen molar-refractivity contribution in [2.45, 2.75) is 65.0 Å². The average molecular weight is 650 g/mol. The van der Waals surface area contributed by atoms with Gasteiger partial charge in [0.05, 0.1) is 44.8 Å². The van der Waals surface area contributed by atoms with Crippen LogP contribution in [0.5, 0.6) is 0 Å². The van der Waals surface area contributed by atoms with Crippen LogP contribution < -0.4 is 10.6 Å². The van der Waals surface area contributed by atoms with Crippen LogP contribution in [0.2, 0.25) is 0 Å². The molecule has 2 aromatic carbocycles. The van der Waals surface area contributed by atoms with E-state index < -0.39 is 29.8 Å². The zero-order valence-corrected chi connectivity index (χ0v) is 27.3. The van der Waals surface area contributed by atoms with Crippen molar-refractivity contribution in [3.8, 4) is 11.3 Å². The molecule has 0 aliphatic heterocycles. The lowest BCUT2D eigenvalue weighted by molar-refractivity contribution is -0.200. The average Bonchev–Trinajstić information content (AvgIpc) is 3.60. The Hall–Kier alpha value is -4.97. The Labute approximate surface area is 274 Å². The monoisotopic (exact) mass is 649 g/mol. The van der Waals surface area contributed by atoms with Gasteiger partial charge in [-0.3, -0.25) is 24.0 Å². The minimum Gasteiger partial charge on any atom is -0.469 e. The number of rotatable bonds is 19. The number of methoxy groups -OCH3 is 2. The zero-order valence-electron chi connectivity index (χ0n) is 27.3. The van der Waals surface area contributed by atoms with E-state index in [2.05, 4.69) is 17.6 Å². The number of hydrogen-bond donors (Lipinski definition) is 2. The predicted molar refractivity (Wildman–Crippen MR) is 173 cm³/mol. The second-order valence-electron chi connectivity index (χ2n) is 10.8. The molecule has 3 rings (SSSR count). The highest BCUT2D eigenvalue weighted by Gasteiger charge is 2.32. The molecule has 2 atom stereocenters. The molecule has 0 saturated heterocycles. The van der Waals surface area contributed by atoms with Crippen molar-refractivity contribution in [1.82, 2.24) is 15.7 Å². The Morgan fingerprint density at radius 1 is 0.936 bits per heavy atom. The van der Waals surface area contributed by atoms with Gasteiger partial charge >= 0.3 is 11.9 Å². The highest BCUT2D eigenvalue weighted by atomic mass is 16.7. The van der Waals surface area contributed by atoms with Crippen LogP contribution in [0.1, 0.15) is 78.0 Å². The van der Waals surface area contributed by atoms with E-state index in [0.29, 0.717) is 36.1 Å². The first-order valence-corrected chi connectivity index (χ1v) is 15.6. The second kappa shape index (κ2) is 18.9. The molecule has 3 aromatic rings. The summed E-state index contributed by atoms with van der Waals surface area (Å²) in [6, 6.07) is 16.7. The van der Waals surface area contributed by atoms with Crippen LogP contribution in [0.25, 0.3) is 11.3 Å². The van der Waals surface area contributed by atoms with Gasteiger partial charge in [0.1, 0.15) is 12.4 Å². The van der Waals surface area contributed by atoms with Crippen LogP contribution in [0.15, 0.2) is 65.1 Å². The summed E-state index contributed by atoms with van der Waals surface area (Å²) < 4.78 is 15.3. The standard InChI is InChI=1S/C35H43N3O9/c1-5-7-9-14-28(29(6-2)38(23-39)46-21-24-12-10-8-11-13-24)33(41)36-22-37-34(42)31-18-17-30(47-31)25-15-16-27(35(43)45-4)26(19-25)20-32(40)44-3/h8,10-13,15-19,23,28-29H,5-7,9,14,20-22H2,1-4H3,(H,36,41)(H,37,42)/t28?,29-/m1/s1. The number of hydroxylamine groups is 2. The second-order valence-corrected chi connectivity index (χ2v) is 10.8. The molecule has 3 amide bonds. The zero-order chi connectivity index (χ0) is 34.2. The minimum absolute atomic E-state index is 0.00631. The summed E-state index contributed by atoms with van der Waals surface area (Å²) in [6.45, 7) is 3.98. The van der Waals surface area contributed by atoms with Gasteiger partial charge in [0, 0.05) is 5.56 Å². The summed E-state index contributed by atoms with van der Waals surface area (Å²) in [5, 5.41) is 6.63. The smallest absolute Gasteiger partial charge is 0.338 e. The highest BCUT2D eigenvalue weighted by molar-refractivity contribution is 5.94. The fraction of sp³-hybridized carbons (Fsp3) is 0.400. The van der Waals surface area contributed by atoms with E-state index in [1.54, 1.807) is 18.2 Å². The number of furan rings is 1. The molecule has 0 saturated carbocycles. The normalized spacial score (nSPS) is 12.0. The number of benzene rings is 2. The first kappa shape index (κ1) is 36.5. The van der Waals surface area contributed by atoms with Crippen molar-refractivity contribution >= 4 is 30.2 Å². The molecule has 0 spiro atoms. The Balaban J connectivity index is 1.66. The maximum absolute atomic E-state index is 13.4. The molecule has 0 aliphatic carbocycles. The number of nitrogens with one attached hydrogen (secondary N) is 2. The molecular formula is C35H43N3O9. The number of hydrogen-bond acceptors (Lipinski definition) is 9. The minimum atomic E-state index is -0.603. The van der Waals surface area contributed by atoms with Crippen LogP contribution in [-0.2, 0) is 41.7 Å². The molecule has 1 unspecified atom stereocenters. The SMILES string of the molecule is CCCCCC(C(=O)NCNC(=O)c1ccc(-c2ccc(C(=O)OC)c(CC(=O)OC)c2)o1)[C@@H](CC)N(C=O)OCc1ccccc1. The molecule has 12 heteroatoms. The Morgan fingerprint density at radius 2 is 1.70 bits per heavy atom. The third-order valence-electron chi connectivity index (χ3n) is 7.69. The Kier molecular flexibility index (Phi) is 14.7. The summed E-state index contributed by atoms with van der Waals surface area (Å²) in [5.41, 5.74) is 2.01. The molecule has 0 radical (unpaired) electrons. The molecule has 47 heavy (non-hydrogen) atoms. The third-order valence-corrected chi connectivity index (χ3v) is 7.69. The lowest BCUT2D eigenvalue weighted by Gasteiger charge is -2.32. The quantitative estimate of drug-likeness (QED) is 0.0612. The predicted octanol–water partition coefficient (Wildman–Crippen LogP) is 4.82. The highest BCUT2D eigenvalue weighted by Crippen LogP contribution is 2.26. The number of carbonyl (C=O) groups excluding carboxylic acids is 5. The van der Waals surface area contributed by atoms with Crippen molar-refractivity contribution in [1.29, 1.82) is 0 Å². The molecule has 1 aromatic heterocycles. The van der Waals surface area contributed by atoms with E-state index in [1.807, 2.05) is 37.3 Å². The molecule has 2 N–H and O–H groups in total. The summed E-state index contributed by atoms with van der Waals surface area (Å²) >= 11 is 0. The van der Waals surface area contributed by atoms with E-state index in [4.69, 9.17) is 18.7 Å². The van der Waals surface area contributed by atoms with Crippen molar-refractivity contribution in [3.63, 3.8) is 0 Å². The van der Waals surface area contributed by atoms with Gasteiger partial charge in [0.2, 0.25) is 12.3 Å². The van der Waals surface area contributed by atoms with Crippen LogP contribution in [0.3, 0.4) is 0 Å². The number of carbonyl (C=O) groups is 5. The lowest BCUT2D eigenvalue weighted by atomic mass is 9.90. The van der Waals surface area contributed by atoms with Crippen molar-refractivity contribution in [2.24, 2.45) is 5.92 Å². The molecule has 12 nitrogen and oxygen atoms in total. The van der Waals surface area contributed by atoms with Crippen molar-refractivity contribution < 1.29 is 42.7 Å². The summed E-state index contributed by atoms with van der Waals surface area (Å²) in [7, 11) is 2.49. The van der Waals surface area contributed by atoms with E-state index in [0.717, 1.165) is 24.8 Å². The fourth-order valence-electron chi connectivity index (χ4n) is 5.16. The van der Waals surface area contributed by atoms with Gasteiger partial charge in [-0.25, -0.2) is 9.86 Å². The fourth-order valence-corrected chi connectivity index (χ4v) is 5.16. The lowest BCUT2D eigenvalue weighted by Crippen LogP contribution is -2.48. The van der Waals surface area contributed by atoms with Crippen LogP contribution in [-0.4, -0.2) is 62.2 Å². The molecule has 0 bridgehead atoms. The van der Waals surface area contributed by atoms with E-state index in [-0.39, 0.29) is 36.9 Å². The number of esters is 2. The number of unbranched alkanes of at least 4 members (excludes halogenated alkanes) is 2. The Morgan fingerprint density at radius 3 is 2.36 bits per heavy atom. The molecule has 1 heterocycles. The number of amides is 3. The molecule has 0 fully saturated rings. The first-order chi connectivity index (χ1) is 22.8. The van der Waals surface area contributed by atoms with E-state index in [9.17, 15) is 24.0 Å². The largest absolute Gasteiger partial charge is 0.469 e. The van der Waals surface area contributed by atoms with Crippen LogP contribution >= 0.6 is 0 Å². The summed E-state index contributed by atoms with van der Waals surface area (Å²) in [6.07, 6.45) is 4.16. The number of nitrogens with zero attached hydrogens (tertiary/aromatic N) is 1. The van der Waals surface area contributed by atoms with Gasteiger partial charge < -0.3 is 24.5 Å². The molecule has 0 aliphatic rings. The molecule has 252 valence electrons. The van der Waals surface area contributed by atoms with Gasteiger partial charge in [-0.15, -0.1) is 0 Å². The van der Waals surface area contributed by atoms with Crippen molar-refractivity contribution in [2.75, 3.05) is 20.9 Å². The maximum atomic E-state index is 13.4. The summed E-state index contributed by atoms with van der Waals surface area (Å²) in [5.74, 6) is -2.26. The topological polar surface area (TPSA) is 153 Å². The van der Waals surface area contributed by atoms with Crippen molar-refractivity contribution in [3.05, 3.63) is 83.1 Å². The van der Waals surface area contributed by atoms with Crippen LogP contribution in [0.4, 0.5) is 0 Å². The van der Waals surface area contributed by atoms with Gasteiger partial charge in [0.15, 0.2) is 5.76 Å². The first-order valence-electron chi connectivity index (χ1n) is 15.6. The van der Waals surface area contributed by atoms with Gasteiger partial charge in [-0.05, 0) is 48.2 Å². The van der Waals surface area contributed by atoms with Crippen LogP contribution in [0, 0.1) is 5.92 Å². The van der Waals surface area contributed by atoms with Gasteiger partial charge in [0.25, 0.3) is 5.91 Å². The van der Waals surface area contributed by atoms with Gasteiger partial charge in [-0.2, -0.15) is 0 Å². The Bertz CT molecular complexity index is 1490. The maximum Gasteiger partial charge on any atom is 0.338 e.